The van der Waals surface area contributed by atoms with E-state index in [0.717, 1.165) is 0 Å². The molecule has 90 valence electrons. The summed E-state index contributed by atoms with van der Waals surface area (Å²) in [7, 11) is 0. The van der Waals surface area contributed by atoms with E-state index >= 15 is 0 Å². The molecule has 0 aliphatic heterocycles. The number of furan rings is 1. The van der Waals surface area contributed by atoms with E-state index in [2.05, 4.69) is 5.32 Å². The van der Waals surface area contributed by atoms with Crippen LogP contribution in [0, 0.1) is 6.92 Å². The number of hydrogen-bond acceptors (Lipinski definition) is 3. The molecule has 0 aromatic carbocycles. The number of hydrogen-bond donors (Lipinski definition) is 2. The smallest absolute Gasteiger partial charge is 0.254 e. The maximum absolute atomic E-state index is 11.7. The molecule has 1 aromatic rings. The average molecular weight is 225 g/mol. The zero-order valence-electron chi connectivity index (χ0n) is 10.0. The van der Waals surface area contributed by atoms with Crippen molar-refractivity contribution in [1.82, 2.24) is 5.32 Å². The maximum atomic E-state index is 11.7. The van der Waals surface area contributed by atoms with Crippen LogP contribution in [0.25, 0.3) is 0 Å². The third kappa shape index (κ3) is 2.85. The number of aryl methyl sites for hydroxylation is 1. The van der Waals surface area contributed by atoms with Crippen molar-refractivity contribution in [3.8, 4) is 0 Å². The number of amides is 1. The Kier molecular flexibility index (Phi) is 4.12. The summed E-state index contributed by atoms with van der Waals surface area (Å²) < 4.78 is 5.05. The second kappa shape index (κ2) is 5.16. The Hall–Kier alpha value is -1.29. The van der Waals surface area contributed by atoms with E-state index in [-0.39, 0.29) is 12.5 Å². The summed E-state index contributed by atoms with van der Waals surface area (Å²) in [6.07, 6.45) is 2.72. The molecule has 0 spiro atoms. The van der Waals surface area contributed by atoms with Crippen molar-refractivity contribution in [1.29, 1.82) is 0 Å². The second-order valence-corrected chi connectivity index (χ2v) is 4.00. The summed E-state index contributed by atoms with van der Waals surface area (Å²) in [5.41, 5.74) is -0.289. The third-order valence-corrected chi connectivity index (χ3v) is 3.00. The van der Waals surface area contributed by atoms with E-state index in [0.29, 0.717) is 24.2 Å². The molecule has 0 fully saturated rings. The number of carbonyl (C=O) groups is 1. The van der Waals surface area contributed by atoms with Gasteiger partial charge in [0.05, 0.1) is 17.4 Å². The first-order valence-electron chi connectivity index (χ1n) is 5.57. The molecule has 0 aliphatic rings. The zero-order valence-corrected chi connectivity index (χ0v) is 10.0. The summed E-state index contributed by atoms with van der Waals surface area (Å²) in [6.45, 7) is 5.81. The van der Waals surface area contributed by atoms with Crippen LogP contribution in [0.15, 0.2) is 16.7 Å². The number of carbonyl (C=O) groups excluding carboxylic acids is 1. The maximum Gasteiger partial charge on any atom is 0.254 e. The second-order valence-electron chi connectivity index (χ2n) is 4.00. The van der Waals surface area contributed by atoms with Gasteiger partial charge < -0.3 is 14.8 Å². The lowest BCUT2D eigenvalue weighted by Crippen LogP contribution is -2.42. The Labute approximate surface area is 95.7 Å². The van der Waals surface area contributed by atoms with Gasteiger partial charge in [-0.05, 0) is 25.8 Å². The molecule has 1 aromatic heterocycles. The van der Waals surface area contributed by atoms with Gasteiger partial charge in [-0.25, -0.2) is 0 Å². The molecule has 1 rings (SSSR count). The summed E-state index contributed by atoms with van der Waals surface area (Å²) in [5.74, 6) is 0.389. The summed E-state index contributed by atoms with van der Waals surface area (Å²) >= 11 is 0. The topological polar surface area (TPSA) is 62.5 Å². The van der Waals surface area contributed by atoms with Gasteiger partial charge in [0.15, 0.2) is 0 Å². The van der Waals surface area contributed by atoms with Crippen LogP contribution in [0.3, 0.4) is 0 Å². The molecular weight excluding hydrogens is 206 g/mol. The summed E-state index contributed by atoms with van der Waals surface area (Å²) in [6, 6.07) is 1.63. The fourth-order valence-corrected chi connectivity index (χ4v) is 1.46. The van der Waals surface area contributed by atoms with E-state index in [9.17, 15) is 9.90 Å². The van der Waals surface area contributed by atoms with Gasteiger partial charge in [-0.3, -0.25) is 4.79 Å². The minimum Gasteiger partial charge on any atom is -0.469 e. The van der Waals surface area contributed by atoms with Crippen molar-refractivity contribution in [2.45, 2.75) is 39.2 Å². The average Bonchev–Trinajstić information content (AvgIpc) is 2.72. The number of rotatable bonds is 5. The van der Waals surface area contributed by atoms with Crippen molar-refractivity contribution in [2.24, 2.45) is 0 Å². The van der Waals surface area contributed by atoms with E-state index < -0.39 is 5.60 Å². The van der Waals surface area contributed by atoms with Crippen LogP contribution in [0.1, 0.15) is 42.8 Å². The molecule has 0 atom stereocenters. The molecule has 1 amide bonds. The van der Waals surface area contributed by atoms with E-state index in [4.69, 9.17) is 4.42 Å². The highest BCUT2D eigenvalue weighted by atomic mass is 16.3. The molecule has 0 aliphatic carbocycles. The van der Waals surface area contributed by atoms with Crippen LogP contribution in [0.4, 0.5) is 0 Å². The van der Waals surface area contributed by atoms with Crippen molar-refractivity contribution in [3.05, 3.63) is 23.7 Å². The van der Waals surface area contributed by atoms with Gasteiger partial charge in [0.1, 0.15) is 5.76 Å². The molecule has 2 N–H and O–H groups in total. The molecule has 16 heavy (non-hydrogen) atoms. The first kappa shape index (κ1) is 12.8. The van der Waals surface area contributed by atoms with Crippen LogP contribution < -0.4 is 5.32 Å². The van der Waals surface area contributed by atoms with Crippen LogP contribution >= 0.6 is 0 Å². The van der Waals surface area contributed by atoms with Crippen LogP contribution in [0.5, 0.6) is 0 Å². The first-order valence-corrected chi connectivity index (χ1v) is 5.57. The third-order valence-electron chi connectivity index (χ3n) is 3.00. The molecular formula is C12H19NO3. The zero-order chi connectivity index (χ0) is 12.2. The van der Waals surface area contributed by atoms with Crippen LogP contribution in [-0.2, 0) is 0 Å². The quantitative estimate of drug-likeness (QED) is 0.804. The lowest BCUT2D eigenvalue weighted by Gasteiger charge is -2.25. The molecule has 0 unspecified atom stereocenters. The monoisotopic (exact) mass is 225 g/mol. The predicted molar refractivity (Wildman–Crippen MR) is 61.3 cm³/mol. The number of aliphatic hydroxyl groups is 1. The SMILES string of the molecule is CCC(O)(CC)CNC(=O)c1ccoc1C. The fourth-order valence-electron chi connectivity index (χ4n) is 1.46. The van der Waals surface area contributed by atoms with Gasteiger partial charge in [0.2, 0.25) is 0 Å². The normalized spacial score (nSPS) is 11.5. The minimum atomic E-state index is -0.812. The Bertz CT molecular complexity index is 353. The highest BCUT2D eigenvalue weighted by Gasteiger charge is 2.23. The molecule has 4 heteroatoms. The highest BCUT2D eigenvalue weighted by molar-refractivity contribution is 5.95. The van der Waals surface area contributed by atoms with Crippen LogP contribution in [-0.4, -0.2) is 23.2 Å². The van der Waals surface area contributed by atoms with Crippen molar-refractivity contribution in [3.63, 3.8) is 0 Å². The lowest BCUT2D eigenvalue weighted by atomic mass is 9.97. The van der Waals surface area contributed by atoms with E-state index in [1.54, 1.807) is 13.0 Å². The van der Waals surface area contributed by atoms with E-state index in [1.165, 1.54) is 6.26 Å². The van der Waals surface area contributed by atoms with Gasteiger partial charge >= 0.3 is 0 Å². The molecule has 0 saturated carbocycles. The Morgan fingerprint density at radius 1 is 1.50 bits per heavy atom. The largest absolute Gasteiger partial charge is 0.469 e. The standard InChI is InChI=1S/C12H19NO3/c1-4-12(15,5-2)8-13-11(14)10-6-7-16-9(10)3/h6-7,15H,4-5,8H2,1-3H3,(H,13,14). The number of nitrogens with one attached hydrogen (secondary N) is 1. The van der Waals surface area contributed by atoms with Crippen LogP contribution in [0.2, 0.25) is 0 Å². The van der Waals surface area contributed by atoms with Gasteiger partial charge in [-0.2, -0.15) is 0 Å². The van der Waals surface area contributed by atoms with E-state index in [1.807, 2.05) is 13.8 Å². The summed E-state index contributed by atoms with van der Waals surface area (Å²) in [4.78, 5) is 11.7. The Morgan fingerprint density at radius 2 is 2.12 bits per heavy atom. The van der Waals surface area contributed by atoms with Gasteiger partial charge in [0.25, 0.3) is 5.91 Å². The van der Waals surface area contributed by atoms with Crippen molar-refractivity contribution >= 4 is 5.91 Å². The summed E-state index contributed by atoms with van der Waals surface area (Å²) in [5, 5.41) is 12.7. The molecule has 4 nitrogen and oxygen atoms in total. The molecule has 0 saturated heterocycles. The Morgan fingerprint density at radius 3 is 2.56 bits per heavy atom. The van der Waals surface area contributed by atoms with Crippen molar-refractivity contribution < 1.29 is 14.3 Å². The van der Waals surface area contributed by atoms with Gasteiger partial charge in [-0.1, -0.05) is 13.8 Å². The highest BCUT2D eigenvalue weighted by Crippen LogP contribution is 2.14. The Balaban J connectivity index is 2.57. The lowest BCUT2D eigenvalue weighted by molar-refractivity contribution is 0.0313. The molecule has 1 heterocycles. The predicted octanol–water partition coefficient (Wildman–Crippen LogP) is 1.87. The van der Waals surface area contributed by atoms with Gasteiger partial charge in [0, 0.05) is 6.54 Å². The van der Waals surface area contributed by atoms with Gasteiger partial charge in [-0.15, -0.1) is 0 Å². The molecule has 0 radical (unpaired) electrons. The van der Waals surface area contributed by atoms with Crippen molar-refractivity contribution in [2.75, 3.05) is 6.54 Å². The minimum absolute atomic E-state index is 0.202. The fraction of sp³-hybridized carbons (Fsp3) is 0.583. The first-order chi connectivity index (χ1) is 7.52. The molecule has 0 bridgehead atoms.